The topological polar surface area (TPSA) is 125 Å². The highest BCUT2D eigenvalue weighted by Gasteiger charge is 2.87. The van der Waals surface area contributed by atoms with Crippen LogP contribution in [0.1, 0.15) is 58.9 Å². The van der Waals surface area contributed by atoms with E-state index in [1.807, 2.05) is 13.8 Å². The van der Waals surface area contributed by atoms with E-state index >= 15 is 0 Å². The normalized spacial score (nSPS) is 45.9. The molecule has 1 aromatic rings. The molecule has 2 spiro atoms. The van der Waals surface area contributed by atoms with E-state index in [1.54, 1.807) is 6.07 Å². The number of aliphatic hydroxyl groups is 1. The molecule has 0 radical (unpaired) electrons. The molecule has 9 heteroatoms. The molecule has 2 saturated carbocycles. The predicted molar refractivity (Wildman–Crippen MR) is 110 cm³/mol. The maximum absolute atomic E-state index is 13.3. The number of carbonyl (C=O) groups excluding carboxylic acids is 3. The second kappa shape index (κ2) is 6.90. The van der Waals surface area contributed by atoms with E-state index < -0.39 is 45.9 Å². The van der Waals surface area contributed by atoms with Crippen LogP contribution in [-0.2, 0) is 39.1 Å². The minimum absolute atomic E-state index is 0.0581. The summed E-state index contributed by atoms with van der Waals surface area (Å²) in [5, 5.41) is 11.8. The molecule has 4 aliphatic rings. The summed E-state index contributed by atoms with van der Waals surface area (Å²) in [6, 6.07) is 1.65. The first-order valence-corrected chi connectivity index (χ1v) is 11.4. The van der Waals surface area contributed by atoms with Gasteiger partial charge in [-0.2, -0.15) is 0 Å². The van der Waals surface area contributed by atoms with E-state index in [4.69, 9.17) is 23.4 Å². The Balaban J connectivity index is 1.76. The van der Waals surface area contributed by atoms with Gasteiger partial charge in [-0.3, -0.25) is 14.4 Å². The molecule has 180 valence electrons. The van der Waals surface area contributed by atoms with Crippen LogP contribution < -0.4 is 0 Å². The summed E-state index contributed by atoms with van der Waals surface area (Å²) < 4.78 is 29.3. The molecule has 7 atom stereocenters. The minimum Gasteiger partial charge on any atom is -0.472 e. The van der Waals surface area contributed by atoms with Crippen molar-refractivity contribution in [3.63, 3.8) is 0 Å². The van der Waals surface area contributed by atoms with Gasteiger partial charge >= 0.3 is 11.9 Å². The molecule has 0 bridgehead atoms. The maximum Gasteiger partial charge on any atom is 0.302 e. The summed E-state index contributed by atoms with van der Waals surface area (Å²) in [5.41, 5.74) is -4.00. The van der Waals surface area contributed by atoms with Crippen molar-refractivity contribution >= 4 is 17.7 Å². The molecule has 2 aliphatic heterocycles. The fourth-order valence-corrected chi connectivity index (χ4v) is 7.21. The Morgan fingerprint density at radius 2 is 2.00 bits per heavy atom. The predicted octanol–water partition coefficient (Wildman–Crippen LogP) is 2.24. The maximum atomic E-state index is 13.3. The molecule has 1 aromatic heterocycles. The lowest BCUT2D eigenvalue weighted by Gasteiger charge is -2.65. The molecule has 2 aliphatic carbocycles. The lowest BCUT2D eigenvalue weighted by atomic mass is 9.41. The first kappa shape index (κ1) is 22.6. The standard InChI is InChI=1S/C24H30O9/c1-14-9-19(32-16(3)26)21(12-30-15(2)25)22(13-31-22)18(27)5-7-24(21)20(14,4)11-23(28,33-24)17-6-8-29-10-17/h6,8,10,14,19,28H,5,7,9,11-13H2,1-4H3/t14-,19-,20-,21-,22+,23+,24-/m0/s1. The van der Waals surface area contributed by atoms with Crippen LogP contribution in [0.3, 0.4) is 0 Å². The van der Waals surface area contributed by atoms with Crippen LogP contribution in [-0.4, -0.2) is 53.3 Å². The molecule has 5 rings (SSSR count). The quantitative estimate of drug-likeness (QED) is 0.530. The summed E-state index contributed by atoms with van der Waals surface area (Å²) >= 11 is 0. The van der Waals surface area contributed by atoms with Crippen molar-refractivity contribution in [3.05, 3.63) is 24.2 Å². The van der Waals surface area contributed by atoms with Crippen LogP contribution in [0, 0.1) is 16.7 Å². The van der Waals surface area contributed by atoms with Crippen LogP contribution in [0.5, 0.6) is 0 Å². The SMILES string of the molecule is CC(=O)OC[C@@]12[C@@H](OC(C)=O)C[C@H](C)[C@]3(C)C[C@](O)(c4ccoc4)O[C@]13CCC(=O)[C@]21CO1. The van der Waals surface area contributed by atoms with E-state index in [0.717, 1.165) is 0 Å². The van der Waals surface area contributed by atoms with Crippen LogP contribution in [0.25, 0.3) is 0 Å². The number of hydrogen-bond donors (Lipinski definition) is 1. The Hall–Kier alpha value is -2.23. The Morgan fingerprint density at radius 1 is 1.27 bits per heavy atom. The van der Waals surface area contributed by atoms with Gasteiger partial charge in [0.1, 0.15) is 18.1 Å². The summed E-state index contributed by atoms with van der Waals surface area (Å²) in [6.07, 6.45) is 3.19. The zero-order chi connectivity index (χ0) is 23.9. The summed E-state index contributed by atoms with van der Waals surface area (Å²) in [7, 11) is 0. The largest absolute Gasteiger partial charge is 0.472 e. The molecular formula is C24H30O9. The molecule has 9 nitrogen and oxygen atoms in total. The second-order valence-corrected chi connectivity index (χ2v) is 10.3. The van der Waals surface area contributed by atoms with Crippen molar-refractivity contribution < 1.29 is 42.9 Å². The summed E-state index contributed by atoms with van der Waals surface area (Å²) in [6.45, 7) is 6.56. The number of Topliss-reactive ketones (excluding diaryl/α,β-unsaturated/α-hetero) is 1. The number of carbonyl (C=O) groups is 3. The van der Waals surface area contributed by atoms with Gasteiger partial charge in [-0.15, -0.1) is 0 Å². The number of epoxide rings is 1. The molecule has 3 heterocycles. The molecule has 4 fully saturated rings. The van der Waals surface area contributed by atoms with Crippen molar-refractivity contribution in [1.82, 2.24) is 0 Å². The number of rotatable bonds is 4. The lowest BCUT2D eigenvalue weighted by molar-refractivity contribution is -0.327. The first-order chi connectivity index (χ1) is 15.5. The van der Waals surface area contributed by atoms with Gasteiger partial charge in [-0.05, 0) is 24.8 Å². The average molecular weight is 462 g/mol. The number of furan rings is 1. The van der Waals surface area contributed by atoms with Crippen molar-refractivity contribution in [2.45, 2.75) is 76.5 Å². The number of esters is 2. The van der Waals surface area contributed by atoms with Crippen LogP contribution >= 0.6 is 0 Å². The van der Waals surface area contributed by atoms with Gasteiger partial charge in [-0.25, -0.2) is 0 Å². The first-order valence-electron chi connectivity index (χ1n) is 11.4. The summed E-state index contributed by atoms with van der Waals surface area (Å²) in [4.78, 5) is 37.5. The Bertz CT molecular complexity index is 998. The van der Waals surface area contributed by atoms with E-state index in [0.29, 0.717) is 12.0 Å². The van der Waals surface area contributed by atoms with E-state index in [1.165, 1.54) is 26.4 Å². The number of ketones is 1. The van der Waals surface area contributed by atoms with Crippen molar-refractivity contribution in [2.75, 3.05) is 13.2 Å². The number of ether oxygens (including phenoxy) is 4. The smallest absolute Gasteiger partial charge is 0.302 e. The highest BCUT2D eigenvalue weighted by atomic mass is 16.7. The molecule has 33 heavy (non-hydrogen) atoms. The molecular weight excluding hydrogens is 432 g/mol. The summed E-state index contributed by atoms with van der Waals surface area (Å²) in [5.74, 6) is -2.92. The lowest BCUT2D eigenvalue weighted by Crippen LogP contribution is -2.78. The van der Waals surface area contributed by atoms with Gasteiger partial charge in [0.25, 0.3) is 0 Å². The Labute approximate surface area is 191 Å². The van der Waals surface area contributed by atoms with Crippen LogP contribution in [0.2, 0.25) is 0 Å². The highest BCUT2D eigenvalue weighted by Crippen LogP contribution is 2.76. The van der Waals surface area contributed by atoms with E-state index in [2.05, 4.69) is 0 Å². The Kier molecular flexibility index (Phi) is 4.71. The van der Waals surface area contributed by atoms with Crippen molar-refractivity contribution in [3.8, 4) is 0 Å². The van der Waals surface area contributed by atoms with Gasteiger partial charge in [0.05, 0.1) is 24.7 Å². The fraction of sp³-hybridized carbons (Fsp3) is 0.708. The monoisotopic (exact) mass is 462 g/mol. The average Bonchev–Trinajstić information content (AvgIpc) is 3.22. The van der Waals surface area contributed by atoms with Crippen molar-refractivity contribution in [2.24, 2.45) is 16.7 Å². The van der Waals surface area contributed by atoms with Crippen molar-refractivity contribution in [1.29, 1.82) is 0 Å². The third-order valence-electron chi connectivity index (χ3n) is 8.89. The molecule has 1 N–H and O–H groups in total. The van der Waals surface area contributed by atoms with Crippen LogP contribution in [0.4, 0.5) is 0 Å². The zero-order valence-electron chi connectivity index (χ0n) is 19.3. The highest BCUT2D eigenvalue weighted by molar-refractivity contribution is 5.93. The van der Waals surface area contributed by atoms with Crippen LogP contribution in [0.15, 0.2) is 23.0 Å². The number of fused-ring (bicyclic) bond motifs is 1. The third-order valence-corrected chi connectivity index (χ3v) is 8.89. The number of hydrogen-bond acceptors (Lipinski definition) is 9. The van der Waals surface area contributed by atoms with E-state index in [-0.39, 0.29) is 44.2 Å². The molecule has 0 unspecified atom stereocenters. The van der Waals surface area contributed by atoms with Gasteiger partial charge < -0.3 is 28.5 Å². The van der Waals surface area contributed by atoms with Gasteiger partial charge in [0.2, 0.25) is 0 Å². The third kappa shape index (κ3) is 2.67. The minimum atomic E-state index is -1.70. The Morgan fingerprint density at radius 3 is 2.58 bits per heavy atom. The second-order valence-electron chi connectivity index (χ2n) is 10.3. The molecule has 2 saturated heterocycles. The zero-order valence-corrected chi connectivity index (χ0v) is 19.3. The molecule has 0 aromatic carbocycles. The van der Waals surface area contributed by atoms with E-state index in [9.17, 15) is 19.5 Å². The fourth-order valence-electron chi connectivity index (χ4n) is 7.21. The van der Waals surface area contributed by atoms with Gasteiger partial charge in [0.15, 0.2) is 17.2 Å². The van der Waals surface area contributed by atoms with Gasteiger partial charge in [0, 0.05) is 37.7 Å². The van der Waals surface area contributed by atoms with Gasteiger partial charge in [-0.1, -0.05) is 13.8 Å². The molecule has 0 amide bonds.